The molecule has 2 nitrogen and oxygen atoms in total. The first-order valence-corrected chi connectivity index (χ1v) is 3.71. The maximum Gasteiger partial charge on any atom is 0.194 e. The minimum Gasteiger partial charge on any atom is -0.498 e. The van der Waals surface area contributed by atoms with Gasteiger partial charge < -0.3 is 5.11 Å². The summed E-state index contributed by atoms with van der Waals surface area (Å²) in [7, 11) is 0. The van der Waals surface area contributed by atoms with Gasteiger partial charge in [0.05, 0.1) is 10.7 Å². The highest BCUT2D eigenvalue weighted by molar-refractivity contribution is 7.13. The Morgan fingerprint density at radius 3 is 2.56 bits per heavy atom. The van der Waals surface area contributed by atoms with Crippen molar-refractivity contribution in [2.75, 3.05) is 0 Å². The van der Waals surface area contributed by atoms with Crippen LogP contribution in [0.5, 0.6) is 5.06 Å². The Morgan fingerprint density at radius 1 is 1.67 bits per heavy atom. The molecular weight excluding hydrogens is 134 g/mol. The number of hydrogen-bond donors (Lipinski definition) is 1. The van der Waals surface area contributed by atoms with Crippen molar-refractivity contribution in [3.8, 4) is 5.06 Å². The molecule has 0 saturated heterocycles. The van der Waals surface area contributed by atoms with E-state index in [1.165, 1.54) is 11.3 Å². The molecule has 9 heavy (non-hydrogen) atoms. The maximum atomic E-state index is 9.09. The summed E-state index contributed by atoms with van der Waals surface area (Å²) in [5.41, 5.74) is 0.817. The summed E-state index contributed by atoms with van der Waals surface area (Å²) in [6.07, 6.45) is 0.816. The van der Waals surface area contributed by atoms with E-state index in [0.29, 0.717) is 5.06 Å². The van der Waals surface area contributed by atoms with Gasteiger partial charge in [-0.3, -0.25) is 0 Å². The van der Waals surface area contributed by atoms with Crippen molar-refractivity contribution in [1.29, 1.82) is 0 Å². The Kier molecular flexibility index (Phi) is 1.71. The summed E-state index contributed by atoms with van der Waals surface area (Å²) in [4.78, 5) is 4.10. The van der Waals surface area contributed by atoms with Crippen LogP contribution in [0.25, 0.3) is 0 Å². The highest BCUT2D eigenvalue weighted by atomic mass is 32.1. The number of thiazole rings is 1. The third-order valence-corrected chi connectivity index (χ3v) is 1.93. The zero-order valence-electron chi connectivity index (χ0n) is 5.51. The monoisotopic (exact) mass is 143 g/mol. The summed E-state index contributed by atoms with van der Waals surface area (Å²) in [5, 5.41) is 10.4. The number of hydrogen-bond acceptors (Lipinski definition) is 3. The van der Waals surface area contributed by atoms with Crippen molar-refractivity contribution in [1.82, 2.24) is 4.98 Å². The minimum absolute atomic E-state index is 0.370. The summed E-state index contributed by atoms with van der Waals surface area (Å²) in [6, 6.07) is 0. The van der Waals surface area contributed by atoms with Crippen molar-refractivity contribution < 1.29 is 5.11 Å². The molecule has 0 aliphatic heterocycles. The Balaban J connectivity index is 3.01. The van der Waals surface area contributed by atoms with Crippen LogP contribution < -0.4 is 0 Å². The molecule has 0 spiro atoms. The Hall–Kier alpha value is -0.570. The summed E-state index contributed by atoms with van der Waals surface area (Å²) >= 11 is 1.34. The molecule has 1 aromatic rings. The third-order valence-electron chi connectivity index (χ3n) is 1.12. The van der Waals surface area contributed by atoms with Crippen LogP contribution in [0.1, 0.15) is 17.6 Å². The number of aryl methyl sites for hydroxylation is 2. The summed E-state index contributed by atoms with van der Waals surface area (Å²) in [6.45, 7) is 3.87. The van der Waals surface area contributed by atoms with E-state index < -0.39 is 0 Å². The number of rotatable bonds is 1. The molecule has 3 heteroatoms. The molecule has 1 N–H and O–H groups in total. The van der Waals surface area contributed by atoms with Gasteiger partial charge in [-0.1, -0.05) is 18.3 Å². The van der Waals surface area contributed by atoms with E-state index >= 15 is 0 Å². The zero-order chi connectivity index (χ0) is 6.85. The second-order valence-corrected chi connectivity index (χ2v) is 3.02. The van der Waals surface area contributed by atoms with Crippen molar-refractivity contribution in [2.24, 2.45) is 0 Å². The van der Waals surface area contributed by atoms with Crippen LogP contribution in [0.4, 0.5) is 0 Å². The third kappa shape index (κ3) is 1.21. The quantitative estimate of drug-likeness (QED) is 0.649. The lowest BCUT2D eigenvalue weighted by Crippen LogP contribution is -1.78. The lowest BCUT2D eigenvalue weighted by molar-refractivity contribution is 0.482. The van der Waals surface area contributed by atoms with Gasteiger partial charge in [-0.15, -0.1) is 0 Å². The summed E-state index contributed by atoms with van der Waals surface area (Å²) in [5.74, 6) is 0. The first-order valence-electron chi connectivity index (χ1n) is 2.89. The number of aromatic hydroxyl groups is 1. The fourth-order valence-electron chi connectivity index (χ4n) is 0.690. The van der Waals surface area contributed by atoms with Gasteiger partial charge in [-0.05, 0) is 13.3 Å². The molecule has 0 saturated carbocycles. The van der Waals surface area contributed by atoms with Gasteiger partial charge >= 0.3 is 0 Å². The van der Waals surface area contributed by atoms with E-state index in [1.807, 2.05) is 13.8 Å². The van der Waals surface area contributed by atoms with Crippen LogP contribution in [0.3, 0.4) is 0 Å². The van der Waals surface area contributed by atoms with E-state index in [1.54, 1.807) is 0 Å². The second kappa shape index (κ2) is 2.35. The SMILES string of the molecule is CCc1nc(C)sc1O. The highest BCUT2D eigenvalue weighted by Crippen LogP contribution is 2.24. The van der Waals surface area contributed by atoms with E-state index in [9.17, 15) is 0 Å². The molecule has 0 aromatic carbocycles. The van der Waals surface area contributed by atoms with Gasteiger partial charge in [-0.2, -0.15) is 0 Å². The molecule has 0 fully saturated rings. The van der Waals surface area contributed by atoms with Crippen LogP contribution in [0, 0.1) is 6.92 Å². The molecule has 0 unspecified atom stereocenters. The number of nitrogens with zero attached hydrogens (tertiary/aromatic N) is 1. The Morgan fingerprint density at radius 2 is 2.33 bits per heavy atom. The van der Waals surface area contributed by atoms with E-state index in [-0.39, 0.29) is 0 Å². The van der Waals surface area contributed by atoms with E-state index in [4.69, 9.17) is 5.11 Å². The molecule has 0 amide bonds. The first kappa shape index (κ1) is 6.55. The van der Waals surface area contributed by atoms with Crippen LogP contribution in [0.15, 0.2) is 0 Å². The average Bonchev–Trinajstić information content (AvgIpc) is 2.10. The molecule has 1 rings (SSSR count). The predicted molar refractivity (Wildman–Crippen MR) is 37.9 cm³/mol. The van der Waals surface area contributed by atoms with Crippen LogP contribution in [-0.2, 0) is 6.42 Å². The van der Waals surface area contributed by atoms with Gasteiger partial charge in [-0.25, -0.2) is 4.98 Å². The first-order chi connectivity index (χ1) is 4.24. The largest absolute Gasteiger partial charge is 0.498 e. The highest BCUT2D eigenvalue weighted by Gasteiger charge is 2.02. The molecule has 50 valence electrons. The van der Waals surface area contributed by atoms with Crippen LogP contribution in [-0.4, -0.2) is 10.1 Å². The van der Waals surface area contributed by atoms with E-state index in [0.717, 1.165) is 17.1 Å². The van der Waals surface area contributed by atoms with Gasteiger partial charge in [0.25, 0.3) is 0 Å². The van der Waals surface area contributed by atoms with Crippen molar-refractivity contribution >= 4 is 11.3 Å². The average molecular weight is 143 g/mol. The van der Waals surface area contributed by atoms with Gasteiger partial charge in [0.2, 0.25) is 0 Å². The van der Waals surface area contributed by atoms with Gasteiger partial charge in [0.15, 0.2) is 5.06 Å². The topological polar surface area (TPSA) is 33.1 Å². The van der Waals surface area contributed by atoms with Gasteiger partial charge in [0, 0.05) is 0 Å². The fourth-order valence-corrected chi connectivity index (χ4v) is 1.43. The molecular formula is C6H9NOS. The lowest BCUT2D eigenvalue weighted by Gasteiger charge is -1.84. The zero-order valence-corrected chi connectivity index (χ0v) is 6.33. The fraction of sp³-hybridized carbons (Fsp3) is 0.500. The second-order valence-electron chi connectivity index (χ2n) is 1.84. The molecule has 0 aliphatic rings. The smallest absolute Gasteiger partial charge is 0.194 e. The molecule has 1 heterocycles. The molecule has 0 bridgehead atoms. The molecule has 0 atom stereocenters. The van der Waals surface area contributed by atoms with E-state index in [2.05, 4.69) is 4.98 Å². The lowest BCUT2D eigenvalue weighted by atomic mass is 10.4. The normalized spacial score (nSPS) is 10.0. The molecule has 0 aliphatic carbocycles. The van der Waals surface area contributed by atoms with Crippen LogP contribution in [0.2, 0.25) is 0 Å². The number of aromatic nitrogens is 1. The Labute approximate surface area is 58.2 Å². The standard InChI is InChI=1S/C6H9NOS/c1-3-5-6(8)9-4(2)7-5/h8H,3H2,1-2H3. The maximum absolute atomic E-state index is 9.09. The van der Waals surface area contributed by atoms with Gasteiger partial charge in [0.1, 0.15) is 0 Å². The molecule has 0 radical (unpaired) electrons. The molecule has 1 aromatic heterocycles. The summed E-state index contributed by atoms with van der Waals surface area (Å²) < 4.78 is 0. The van der Waals surface area contributed by atoms with Crippen molar-refractivity contribution in [3.05, 3.63) is 10.7 Å². The van der Waals surface area contributed by atoms with Crippen molar-refractivity contribution in [3.63, 3.8) is 0 Å². The van der Waals surface area contributed by atoms with Crippen molar-refractivity contribution in [2.45, 2.75) is 20.3 Å². The Bertz CT molecular complexity index is 207. The minimum atomic E-state index is 0.370. The van der Waals surface area contributed by atoms with Crippen LogP contribution >= 0.6 is 11.3 Å². The predicted octanol–water partition coefficient (Wildman–Crippen LogP) is 1.72.